The Kier molecular flexibility index (Phi) is 4.07. The van der Waals surface area contributed by atoms with Crippen LogP contribution in [0.25, 0.3) is 0 Å². The maximum Gasteiger partial charge on any atom is 0.228 e. The van der Waals surface area contributed by atoms with Gasteiger partial charge in [0.2, 0.25) is 5.91 Å². The summed E-state index contributed by atoms with van der Waals surface area (Å²) in [7, 11) is 0. The van der Waals surface area contributed by atoms with E-state index < -0.39 is 0 Å². The number of nitrogens with zero attached hydrogens (tertiary/aromatic N) is 5. The van der Waals surface area contributed by atoms with Crippen molar-refractivity contribution in [3.63, 3.8) is 0 Å². The Labute approximate surface area is 155 Å². The van der Waals surface area contributed by atoms with Gasteiger partial charge in [0.15, 0.2) is 0 Å². The summed E-state index contributed by atoms with van der Waals surface area (Å²) in [5.41, 5.74) is -0.0379. The molecule has 2 aliphatic carbocycles. The molecule has 1 amide bonds. The van der Waals surface area contributed by atoms with Gasteiger partial charge < -0.3 is 9.47 Å². The van der Waals surface area contributed by atoms with Crippen molar-refractivity contribution in [2.75, 3.05) is 26.2 Å². The zero-order valence-corrected chi connectivity index (χ0v) is 16.0. The van der Waals surface area contributed by atoms with Gasteiger partial charge in [-0.25, -0.2) is 0 Å². The maximum atomic E-state index is 12.6. The molecule has 0 spiro atoms. The summed E-state index contributed by atoms with van der Waals surface area (Å²) < 4.78 is 2.47. The van der Waals surface area contributed by atoms with Gasteiger partial charge >= 0.3 is 0 Å². The van der Waals surface area contributed by atoms with Crippen molar-refractivity contribution in [2.24, 2.45) is 5.41 Å². The molecule has 4 aliphatic rings. The molecule has 3 heterocycles. The molecule has 6 heteroatoms. The highest BCUT2D eigenvalue weighted by Gasteiger charge is 2.47. The number of hydrogen-bond donors (Lipinski definition) is 0. The first-order valence-electron chi connectivity index (χ1n) is 10.6. The van der Waals surface area contributed by atoms with Gasteiger partial charge in [-0.05, 0) is 64.5 Å². The minimum atomic E-state index is -0.0379. The Morgan fingerprint density at radius 1 is 1.04 bits per heavy atom. The smallest absolute Gasteiger partial charge is 0.228 e. The predicted octanol–water partition coefficient (Wildman–Crippen LogP) is 2.71. The molecule has 5 rings (SSSR count). The molecule has 2 saturated carbocycles. The largest absolute Gasteiger partial charge is 0.342 e. The first kappa shape index (κ1) is 16.7. The first-order chi connectivity index (χ1) is 12.6. The average molecular weight is 358 g/mol. The molecule has 0 radical (unpaired) electrons. The Morgan fingerprint density at radius 3 is 2.35 bits per heavy atom. The third-order valence-electron chi connectivity index (χ3n) is 6.93. The van der Waals surface area contributed by atoms with Gasteiger partial charge in [0.1, 0.15) is 11.6 Å². The first-order valence-corrected chi connectivity index (χ1v) is 10.6. The van der Waals surface area contributed by atoms with Gasteiger partial charge in [0.05, 0.1) is 6.54 Å². The quantitative estimate of drug-likeness (QED) is 0.813. The van der Waals surface area contributed by atoms with E-state index in [2.05, 4.69) is 31.5 Å². The lowest BCUT2D eigenvalue weighted by molar-refractivity contribution is -0.137. The van der Waals surface area contributed by atoms with E-state index in [0.29, 0.717) is 17.9 Å². The van der Waals surface area contributed by atoms with Crippen molar-refractivity contribution in [1.82, 2.24) is 24.6 Å². The molecule has 1 aromatic rings. The van der Waals surface area contributed by atoms with Crippen LogP contribution < -0.4 is 0 Å². The van der Waals surface area contributed by atoms with Crippen LogP contribution in [-0.4, -0.2) is 56.7 Å². The van der Waals surface area contributed by atoms with Crippen molar-refractivity contribution in [3.8, 4) is 0 Å². The zero-order valence-electron chi connectivity index (χ0n) is 16.0. The summed E-state index contributed by atoms with van der Waals surface area (Å²) in [5.74, 6) is 3.22. The number of piperidine rings is 1. The van der Waals surface area contributed by atoms with E-state index >= 15 is 0 Å². The van der Waals surface area contributed by atoms with Gasteiger partial charge in [-0.2, -0.15) is 0 Å². The average Bonchev–Trinajstić information content (AvgIpc) is 3.55. The van der Waals surface area contributed by atoms with Crippen LogP contribution in [0.2, 0.25) is 0 Å². The van der Waals surface area contributed by atoms with Crippen LogP contribution in [0.4, 0.5) is 0 Å². The Balaban J connectivity index is 1.28. The van der Waals surface area contributed by atoms with E-state index in [1.54, 1.807) is 0 Å². The fourth-order valence-electron chi connectivity index (χ4n) is 4.72. The van der Waals surface area contributed by atoms with Crippen LogP contribution in [0.15, 0.2) is 0 Å². The molecule has 4 fully saturated rings. The number of carbonyl (C=O) groups excluding carboxylic acids is 1. The minimum absolute atomic E-state index is 0.0379. The molecule has 1 aromatic heterocycles. The van der Waals surface area contributed by atoms with E-state index in [9.17, 15) is 4.79 Å². The number of aromatic nitrogens is 3. The molecule has 2 saturated heterocycles. The molecule has 0 N–H and O–H groups in total. The normalized spacial score (nSPS) is 26.4. The third kappa shape index (κ3) is 3.06. The summed E-state index contributed by atoms with van der Waals surface area (Å²) in [6.45, 7) is 7.25. The van der Waals surface area contributed by atoms with E-state index in [-0.39, 0.29) is 5.41 Å². The van der Waals surface area contributed by atoms with Crippen molar-refractivity contribution in [3.05, 3.63) is 11.6 Å². The van der Waals surface area contributed by atoms with Crippen LogP contribution >= 0.6 is 0 Å². The van der Waals surface area contributed by atoms with Crippen molar-refractivity contribution in [2.45, 2.75) is 76.8 Å². The van der Waals surface area contributed by atoms with Gasteiger partial charge in [-0.3, -0.25) is 9.69 Å². The number of hydrogen-bond acceptors (Lipinski definition) is 4. The minimum Gasteiger partial charge on any atom is -0.342 e. The van der Waals surface area contributed by atoms with Crippen LogP contribution in [-0.2, 0) is 11.3 Å². The lowest BCUT2D eigenvalue weighted by atomic mass is 9.94. The molecular formula is C20H31N5O. The SMILES string of the molecule is CC1(C(=O)N2CCC(c3nnc(CN4CCCC4)n3C3CC3)CC2)CC1. The highest BCUT2D eigenvalue weighted by Crippen LogP contribution is 2.47. The van der Waals surface area contributed by atoms with Crippen molar-refractivity contribution < 1.29 is 4.79 Å². The summed E-state index contributed by atoms with van der Waals surface area (Å²) in [4.78, 5) is 17.2. The highest BCUT2D eigenvalue weighted by atomic mass is 16.2. The number of amides is 1. The second-order valence-electron chi connectivity index (χ2n) is 9.19. The van der Waals surface area contributed by atoms with Crippen LogP contribution in [0.1, 0.15) is 81.9 Å². The molecule has 26 heavy (non-hydrogen) atoms. The topological polar surface area (TPSA) is 54.3 Å². The molecule has 142 valence electrons. The van der Waals surface area contributed by atoms with Crippen LogP contribution in [0.5, 0.6) is 0 Å². The summed E-state index contributed by atoms with van der Waals surface area (Å²) in [6.07, 6.45) is 9.39. The predicted molar refractivity (Wildman–Crippen MR) is 98.7 cm³/mol. The third-order valence-corrected chi connectivity index (χ3v) is 6.93. The zero-order chi connectivity index (χ0) is 17.7. The molecule has 0 aromatic carbocycles. The van der Waals surface area contributed by atoms with E-state index in [0.717, 1.165) is 45.3 Å². The van der Waals surface area contributed by atoms with Crippen LogP contribution in [0, 0.1) is 5.41 Å². The fraction of sp³-hybridized carbons (Fsp3) is 0.850. The number of likely N-dealkylation sites (tertiary alicyclic amines) is 2. The van der Waals surface area contributed by atoms with Crippen LogP contribution in [0.3, 0.4) is 0 Å². The Bertz CT molecular complexity index is 676. The fourth-order valence-corrected chi connectivity index (χ4v) is 4.72. The molecular weight excluding hydrogens is 326 g/mol. The monoisotopic (exact) mass is 357 g/mol. The molecule has 2 aliphatic heterocycles. The van der Waals surface area contributed by atoms with E-state index in [1.165, 1.54) is 50.4 Å². The number of rotatable bonds is 5. The summed E-state index contributed by atoms with van der Waals surface area (Å²) in [6, 6.07) is 0.627. The molecule has 0 unspecified atom stereocenters. The second kappa shape index (κ2) is 6.32. The molecule has 6 nitrogen and oxygen atoms in total. The highest BCUT2D eigenvalue weighted by molar-refractivity contribution is 5.85. The lowest BCUT2D eigenvalue weighted by Crippen LogP contribution is -2.41. The van der Waals surface area contributed by atoms with E-state index in [1.807, 2.05) is 0 Å². The Morgan fingerprint density at radius 2 is 1.73 bits per heavy atom. The van der Waals surface area contributed by atoms with Gasteiger partial charge in [-0.15, -0.1) is 10.2 Å². The van der Waals surface area contributed by atoms with Crippen molar-refractivity contribution >= 4 is 5.91 Å². The Hall–Kier alpha value is -1.43. The lowest BCUT2D eigenvalue weighted by Gasteiger charge is -2.33. The molecule has 0 bridgehead atoms. The van der Waals surface area contributed by atoms with Gasteiger partial charge in [0.25, 0.3) is 0 Å². The molecule has 0 atom stereocenters. The maximum absolute atomic E-state index is 12.6. The number of carbonyl (C=O) groups is 1. The second-order valence-corrected chi connectivity index (χ2v) is 9.19. The standard InChI is InChI=1S/C20H31N5O/c1-20(8-9-20)19(26)24-12-6-15(7-13-24)18-22-21-17(25(18)16-4-5-16)14-23-10-2-3-11-23/h15-16H,2-14H2,1H3. The van der Waals surface area contributed by atoms with Gasteiger partial charge in [-0.1, -0.05) is 6.92 Å². The van der Waals surface area contributed by atoms with E-state index in [4.69, 9.17) is 0 Å². The van der Waals surface area contributed by atoms with Crippen molar-refractivity contribution in [1.29, 1.82) is 0 Å². The van der Waals surface area contributed by atoms with Gasteiger partial charge in [0, 0.05) is 30.5 Å². The summed E-state index contributed by atoms with van der Waals surface area (Å²) in [5, 5.41) is 9.27. The summed E-state index contributed by atoms with van der Waals surface area (Å²) >= 11 is 0.